The summed E-state index contributed by atoms with van der Waals surface area (Å²) in [4.78, 5) is 36.3. The molecule has 0 heterocycles. The smallest absolute Gasteiger partial charge is 0.408 e. The Morgan fingerprint density at radius 1 is 1.19 bits per heavy atom. The SMILES string of the molecule is C[C@@H](c1ccc(NC(=O)[C@@H](NC(=O)OC(C)(C)C)C2CCCCCC2)c(F)c1)[C@@H](O)C=O. The highest BCUT2D eigenvalue weighted by Gasteiger charge is 2.32. The minimum absolute atomic E-state index is 0.0313. The molecule has 0 spiro atoms. The van der Waals surface area contributed by atoms with Crippen molar-refractivity contribution >= 4 is 24.0 Å². The first-order valence-corrected chi connectivity index (χ1v) is 11.2. The van der Waals surface area contributed by atoms with E-state index < -0.39 is 41.5 Å². The summed E-state index contributed by atoms with van der Waals surface area (Å²) < 4.78 is 20.0. The molecule has 0 saturated heterocycles. The molecule has 1 fully saturated rings. The molecule has 8 heteroatoms. The van der Waals surface area contributed by atoms with Gasteiger partial charge in [0.1, 0.15) is 29.9 Å². The third-order valence-corrected chi connectivity index (χ3v) is 5.75. The lowest BCUT2D eigenvalue weighted by molar-refractivity contribution is -0.119. The van der Waals surface area contributed by atoms with Crippen LogP contribution < -0.4 is 10.6 Å². The molecule has 3 atom stereocenters. The number of anilines is 1. The second-order valence-corrected chi connectivity index (χ2v) is 9.52. The topological polar surface area (TPSA) is 105 Å². The van der Waals surface area contributed by atoms with E-state index in [-0.39, 0.29) is 11.6 Å². The molecule has 0 aliphatic heterocycles. The van der Waals surface area contributed by atoms with Gasteiger partial charge in [0.05, 0.1) is 5.69 Å². The Bertz CT molecular complexity index is 800. The van der Waals surface area contributed by atoms with Crippen molar-refractivity contribution in [2.24, 2.45) is 5.92 Å². The van der Waals surface area contributed by atoms with Crippen LogP contribution in [0, 0.1) is 11.7 Å². The van der Waals surface area contributed by atoms with Crippen molar-refractivity contribution in [1.82, 2.24) is 5.32 Å². The molecule has 2 rings (SSSR count). The molecule has 0 radical (unpaired) electrons. The van der Waals surface area contributed by atoms with E-state index in [0.29, 0.717) is 11.8 Å². The van der Waals surface area contributed by atoms with Crippen LogP contribution in [0.15, 0.2) is 18.2 Å². The number of aliphatic hydroxyl groups excluding tert-OH is 1. The summed E-state index contributed by atoms with van der Waals surface area (Å²) in [6.45, 7) is 6.84. The van der Waals surface area contributed by atoms with Gasteiger partial charge in [-0.2, -0.15) is 0 Å². The van der Waals surface area contributed by atoms with E-state index in [1.54, 1.807) is 33.8 Å². The molecule has 1 saturated carbocycles. The number of nitrogens with one attached hydrogen (secondary N) is 2. The maximum Gasteiger partial charge on any atom is 0.408 e. The Labute approximate surface area is 189 Å². The number of amides is 2. The highest BCUT2D eigenvalue weighted by Crippen LogP contribution is 2.28. The molecule has 1 aromatic carbocycles. The first-order valence-electron chi connectivity index (χ1n) is 11.2. The van der Waals surface area contributed by atoms with Gasteiger partial charge < -0.3 is 25.3 Å². The number of carbonyl (C=O) groups is 3. The van der Waals surface area contributed by atoms with Crippen LogP contribution in [-0.4, -0.2) is 41.1 Å². The minimum atomic E-state index is -1.24. The molecule has 2 amide bonds. The summed E-state index contributed by atoms with van der Waals surface area (Å²) >= 11 is 0. The van der Waals surface area contributed by atoms with Crippen molar-refractivity contribution in [3.8, 4) is 0 Å². The molecule has 7 nitrogen and oxygen atoms in total. The van der Waals surface area contributed by atoms with Gasteiger partial charge in [-0.05, 0) is 57.2 Å². The molecule has 0 aromatic heterocycles. The highest BCUT2D eigenvalue weighted by molar-refractivity contribution is 5.97. The maximum atomic E-state index is 14.7. The van der Waals surface area contributed by atoms with Crippen molar-refractivity contribution < 1.29 is 28.6 Å². The summed E-state index contributed by atoms with van der Waals surface area (Å²) in [6.07, 6.45) is 4.14. The number of aldehydes is 1. The van der Waals surface area contributed by atoms with E-state index in [1.165, 1.54) is 12.1 Å². The fourth-order valence-electron chi connectivity index (χ4n) is 3.92. The van der Waals surface area contributed by atoms with Crippen LogP contribution in [0.4, 0.5) is 14.9 Å². The quantitative estimate of drug-likeness (QED) is 0.425. The zero-order valence-corrected chi connectivity index (χ0v) is 19.3. The van der Waals surface area contributed by atoms with Crippen molar-refractivity contribution in [2.75, 3.05) is 5.32 Å². The minimum Gasteiger partial charge on any atom is -0.444 e. The predicted octanol–water partition coefficient (Wildman–Crippen LogP) is 4.29. The van der Waals surface area contributed by atoms with E-state index in [0.717, 1.165) is 38.5 Å². The molecule has 0 bridgehead atoms. The number of alkyl carbamates (subject to hydrolysis) is 1. The summed E-state index contributed by atoms with van der Waals surface area (Å²) in [6, 6.07) is 3.29. The fraction of sp³-hybridized carbons (Fsp3) is 0.625. The molecule has 0 unspecified atom stereocenters. The molecule has 3 N–H and O–H groups in total. The highest BCUT2D eigenvalue weighted by atomic mass is 19.1. The first kappa shape index (κ1) is 25.8. The van der Waals surface area contributed by atoms with E-state index in [2.05, 4.69) is 10.6 Å². The second kappa shape index (κ2) is 11.4. The van der Waals surface area contributed by atoms with Gasteiger partial charge in [-0.15, -0.1) is 0 Å². The van der Waals surface area contributed by atoms with Crippen LogP contribution in [0.25, 0.3) is 0 Å². The van der Waals surface area contributed by atoms with E-state index in [1.807, 2.05) is 0 Å². The van der Waals surface area contributed by atoms with Gasteiger partial charge in [0.15, 0.2) is 0 Å². The summed E-state index contributed by atoms with van der Waals surface area (Å²) in [5.74, 6) is -1.84. The zero-order chi connectivity index (χ0) is 23.9. The van der Waals surface area contributed by atoms with Gasteiger partial charge >= 0.3 is 6.09 Å². The number of aliphatic hydroxyl groups is 1. The normalized spacial score (nSPS) is 18.1. The number of halogens is 1. The van der Waals surface area contributed by atoms with Crippen molar-refractivity contribution in [3.63, 3.8) is 0 Å². The third-order valence-electron chi connectivity index (χ3n) is 5.75. The lowest BCUT2D eigenvalue weighted by Crippen LogP contribution is -2.50. The molecule has 1 aliphatic rings. The maximum absolute atomic E-state index is 14.7. The monoisotopic (exact) mass is 450 g/mol. The number of benzene rings is 1. The van der Waals surface area contributed by atoms with Crippen molar-refractivity contribution in [3.05, 3.63) is 29.6 Å². The van der Waals surface area contributed by atoms with Crippen molar-refractivity contribution in [2.45, 2.75) is 89.9 Å². The summed E-state index contributed by atoms with van der Waals surface area (Å²) in [5, 5.41) is 15.0. The molecule has 1 aromatic rings. The van der Waals surface area contributed by atoms with E-state index >= 15 is 0 Å². The van der Waals surface area contributed by atoms with Crippen LogP contribution in [0.3, 0.4) is 0 Å². The number of ether oxygens (including phenoxy) is 1. The Morgan fingerprint density at radius 2 is 1.81 bits per heavy atom. The fourth-order valence-corrected chi connectivity index (χ4v) is 3.92. The van der Waals surface area contributed by atoms with E-state index in [4.69, 9.17) is 4.74 Å². The van der Waals surface area contributed by atoms with Gasteiger partial charge in [0.25, 0.3) is 0 Å². The van der Waals surface area contributed by atoms with Crippen LogP contribution in [0.1, 0.15) is 77.7 Å². The Hall–Kier alpha value is -2.48. The van der Waals surface area contributed by atoms with Gasteiger partial charge in [-0.25, -0.2) is 9.18 Å². The number of hydrogen-bond donors (Lipinski definition) is 3. The Kier molecular flexibility index (Phi) is 9.19. The molecule has 1 aliphatic carbocycles. The molecule has 178 valence electrons. The molecular formula is C24H35FN2O5. The standard InChI is InChI=1S/C24H35FN2O5/c1-15(20(29)14-28)17-11-12-19(18(25)13-17)26-22(30)21(16-9-7-5-6-8-10-16)27-23(31)32-24(2,3)4/h11-16,20-21,29H,5-10H2,1-4H3,(H,26,30)(H,27,31)/t15-,20-,21-/m0/s1. The van der Waals surface area contributed by atoms with Gasteiger partial charge in [0.2, 0.25) is 5.91 Å². The van der Waals surface area contributed by atoms with Gasteiger partial charge in [-0.3, -0.25) is 4.79 Å². The Morgan fingerprint density at radius 3 is 2.34 bits per heavy atom. The van der Waals surface area contributed by atoms with E-state index in [9.17, 15) is 23.9 Å². The lowest BCUT2D eigenvalue weighted by atomic mass is 9.91. The average molecular weight is 451 g/mol. The van der Waals surface area contributed by atoms with Crippen LogP contribution >= 0.6 is 0 Å². The van der Waals surface area contributed by atoms with Crippen LogP contribution in [0.2, 0.25) is 0 Å². The predicted molar refractivity (Wildman–Crippen MR) is 120 cm³/mol. The van der Waals surface area contributed by atoms with Gasteiger partial charge in [0, 0.05) is 5.92 Å². The number of hydrogen-bond acceptors (Lipinski definition) is 5. The second-order valence-electron chi connectivity index (χ2n) is 9.52. The molecule has 32 heavy (non-hydrogen) atoms. The lowest BCUT2D eigenvalue weighted by Gasteiger charge is -2.28. The van der Waals surface area contributed by atoms with Crippen LogP contribution in [-0.2, 0) is 14.3 Å². The molecular weight excluding hydrogens is 415 g/mol. The Balaban J connectivity index is 2.19. The van der Waals surface area contributed by atoms with Crippen LogP contribution in [0.5, 0.6) is 0 Å². The number of rotatable bonds is 7. The largest absolute Gasteiger partial charge is 0.444 e. The van der Waals surface area contributed by atoms with Crippen molar-refractivity contribution in [1.29, 1.82) is 0 Å². The zero-order valence-electron chi connectivity index (χ0n) is 19.3. The number of carbonyl (C=O) groups excluding carboxylic acids is 3. The average Bonchev–Trinajstić information content (AvgIpc) is 3.00. The first-order chi connectivity index (χ1) is 15.0. The summed E-state index contributed by atoms with van der Waals surface area (Å²) in [7, 11) is 0. The summed E-state index contributed by atoms with van der Waals surface area (Å²) in [5.41, 5.74) is -0.303. The van der Waals surface area contributed by atoms with Gasteiger partial charge in [-0.1, -0.05) is 38.7 Å². The third kappa shape index (κ3) is 7.58.